The molecular formula is C24H27N3O. The van der Waals surface area contributed by atoms with Crippen molar-refractivity contribution in [2.75, 3.05) is 11.9 Å². The lowest BCUT2D eigenvalue weighted by atomic mass is 9.86. The van der Waals surface area contributed by atoms with Gasteiger partial charge in [-0.05, 0) is 40.8 Å². The molecule has 0 saturated heterocycles. The maximum Gasteiger partial charge on any atom is 0.322 e. The van der Waals surface area contributed by atoms with Crippen LogP contribution >= 0.6 is 0 Å². The summed E-state index contributed by atoms with van der Waals surface area (Å²) < 4.78 is 2.24. The van der Waals surface area contributed by atoms with Crippen LogP contribution < -0.4 is 5.32 Å². The summed E-state index contributed by atoms with van der Waals surface area (Å²) in [6.45, 7) is 8.13. The highest BCUT2D eigenvalue weighted by Gasteiger charge is 2.32. The molecule has 1 aromatic heterocycles. The molecule has 0 radical (unpaired) electrons. The second-order valence-electron chi connectivity index (χ2n) is 8.39. The first-order valence-electron chi connectivity index (χ1n) is 9.81. The number of aromatic nitrogens is 1. The van der Waals surface area contributed by atoms with Crippen LogP contribution in [0, 0.1) is 0 Å². The highest BCUT2D eigenvalue weighted by atomic mass is 16.2. The van der Waals surface area contributed by atoms with Crippen LogP contribution in [0.25, 0.3) is 0 Å². The first-order valence-corrected chi connectivity index (χ1v) is 9.81. The lowest BCUT2D eigenvalue weighted by molar-refractivity contribution is 0.182. The predicted molar refractivity (Wildman–Crippen MR) is 114 cm³/mol. The van der Waals surface area contributed by atoms with Crippen molar-refractivity contribution in [1.82, 2.24) is 9.47 Å². The van der Waals surface area contributed by atoms with E-state index < -0.39 is 0 Å². The van der Waals surface area contributed by atoms with Crippen LogP contribution in [-0.2, 0) is 12.0 Å². The van der Waals surface area contributed by atoms with Crippen LogP contribution in [0.2, 0.25) is 0 Å². The minimum atomic E-state index is -0.0959. The fourth-order valence-electron chi connectivity index (χ4n) is 3.84. The van der Waals surface area contributed by atoms with E-state index in [0.29, 0.717) is 6.54 Å². The second-order valence-corrected chi connectivity index (χ2v) is 8.39. The summed E-state index contributed by atoms with van der Waals surface area (Å²) in [6, 6.07) is 22.3. The normalized spacial score (nSPS) is 16.5. The molecule has 0 spiro atoms. The van der Waals surface area contributed by atoms with Gasteiger partial charge in [-0.1, -0.05) is 63.2 Å². The first kappa shape index (κ1) is 18.4. The Bertz CT molecular complexity index is 952. The molecule has 0 aliphatic carbocycles. The van der Waals surface area contributed by atoms with Gasteiger partial charge in [-0.25, -0.2) is 4.79 Å². The predicted octanol–water partition coefficient (Wildman–Crippen LogP) is 5.42. The van der Waals surface area contributed by atoms with E-state index in [1.165, 1.54) is 5.56 Å². The van der Waals surface area contributed by atoms with Gasteiger partial charge in [0.1, 0.15) is 0 Å². The van der Waals surface area contributed by atoms with Crippen LogP contribution in [0.15, 0.2) is 72.9 Å². The number of anilines is 1. The Kier molecular flexibility index (Phi) is 4.71. The van der Waals surface area contributed by atoms with Crippen LogP contribution in [0.4, 0.5) is 10.5 Å². The Morgan fingerprint density at radius 2 is 1.64 bits per heavy atom. The van der Waals surface area contributed by atoms with Gasteiger partial charge in [-0.2, -0.15) is 0 Å². The topological polar surface area (TPSA) is 37.3 Å². The number of para-hydroxylation sites is 1. The third kappa shape index (κ3) is 3.55. The summed E-state index contributed by atoms with van der Waals surface area (Å²) in [7, 11) is 0. The number of benzene rings is 2. The Balaban J connectivity index is 1.67. The molecule has 1 aliphatic rings. The van der Waals surface area contributed by atoms with E-state index in [-0.39, 0.29) is 17.5 Å². The van der Waals surface area contributed by atoms with Gasteiger partial charge >= 0.3 is 6.03 Å². The summed E-state index contributed by atoms with van der Waals surface area (Å²) >= 11 is 0. The summed E-state index contributed by atoms with van der Waals surface area (Å²) in [4.78, 5) is 15.1. The number of nitrogens with one attached hydrogen (secondary N) is 1. The van der Waals surface area contributed by atoms with E-state index in [1.807, 2.05) is 35.2 Å². The zero-order chi connectivity index (χ0) is 19.7. The van der Waals surface area contributed by atoms with Crippen molar-refractivity contribution in [3.63, 3.8) is 0 Å². The Labute approximate surface area is 166 Å². The minimum Gasteiger partial charge on any atom is -0.348 e. The fourth-order valence-corrected chi connectivity index (χ4v) is 3.84. The molecule has 2 amide bonds. The van der Waals surface area contributed by atoms with Crippen LogP contribution in [-0.4, -0.2) is 22.0 Å². The second kappa shape index (κ2) is 7.19. The summed E-state index contributed by atoms with van der Waals surface area (Å²) in [5, 5.41) is 3.05. The largest absolute Gasteiger partial charge is 0.348 e. The van der Waals surface area contributed by atoms with Gasteiger partial charge in [0.15, 0.2) is 0 Å². The maximum absolute atomic E-state index is 13.1. The number of hydrogen-bond acceptors (Lipinski definition) is 1. The molecule has 1 unspecified atom stereocenters. The van der Waals surface area contributed by atoms with Gasteiger partial charge < -0.3 is 14.8 Å². The molecule has 0 bridgehead atoms. The smallest absolute Gasteiger partial charge is 0.322 e. The van der Waals surface area contributed by atoms with Gasteiger partial charge in [-0.3, -0.25) is 0 Å². The lowest BCUT2D eigenvalue weighted by Gasteiger charge is -2.37. The maximum atomic E-state index is 13.1. The van der Waals surface area contributed by atoms with E-state index >= 15 is 0 Å². The molecule has 144 valence electrons. The van der Waals surface area contributed by atoms with Gasteiger partial charge in [0.25, 0.3) is 0 Å². The third-order valence-electron chi connectivity index (χ3n) is 5.42. The number of fused-ring (bicyclic) bond motifs is 1. The molecule has 4 nitrogen and oxygen atoms in total. The molecular weight excluding hydrogens is 346 g/mol. The molecule has 2 heterocycles. The van der Waals surface area contributed by atoms with E-state index in [0.717, 1.165) is 23.5 Å². The van der Waals surface area contributed by atoms with E-state index in [1.54, 1.807) is 0 Å². The first-order chi connectivity index (χ1) is 13.4. The van der Waals surface area contributed by atoms with Crippen LogP contribution in [0.1, 0.15) is 43.6 Å². The average Bonchev–Trinajstić information content (AvgIpc) is 3.16. The van der Waals surface area contributed by atoms with E-state index in [4.69, 9.17) is 0 Å². The number of hydrogen-bond donors (Lipinski definition) is 1. The Morgan fingerprint density at radius 3 is 2.32 bits per heavy atom. The van der Waals surface area contributed by atoms with Crippen LogP contribution in [0.5, 0.6) is 0 Å². The SMILES string of the molecule is CC(C)(C)c1ccc(C2c3cccn3CCN2C(=O)Nc2ccccc2)cc1. The van der Waals surface area contributed by atoms with Crippen molar-refractivity contribution >= 4 is 11.7 Å². The van der Waals surface area contributed by atoms with Crippen molar-refractivity contribution in [2.45, 2.75) is 38.8 Å². The number of carbonyl (C=O) groups excluding carboxylic acids is 1. The van der Waals surface area contributed by atoms with E-state index in [9.17, 15) is 4.79 Å². The van der Waals surface area contributed by atoms with Crippen molar-refractivity contribution < 1.29 is 4.79 Å². The number of amides is 2. The Hall–Kier alpha value is -3.01. The number of urea groups is 1. The average molecular weight is 374 g/mol. The zero-order valence-corrected chi connectivity index (χ0v) is 16.7. The van der Waals surface area contributed by atoms with Crippen molar-refractivity contribution in [3.8, 4) is 0 Å². The van der Waals surface area contributed by atoms with Gasteiger partial charge in [0.2, 0.25) is 0 Å². The fraction of sp³-hybridized carbons (Fsp3) is 0.292. The molecule has 0 fully saturated rings. The molecule has 0 saturated carbocycles. The molecule has 1 N–H and O–H groups in total. The van der Waals surface area contributed by atoms with Gasteiger partial charge in [-0.15, -0.1) is 0 Å². The zero-order valence-electron chi connectivity index (χ0n) is 16.7. The number of carbonyl (C=O) groups is 1. The van der Waals surface area contributed by atoms with Gasteiger partial charge in [0.05, 0.1) is 6.04 Å². The van der Waals surface area contributed by atoms with Crippen LogP contribution in [0.3, 0.4) is 0 Å². The van der Waals surface area contributed by atoms with Crippen molar-refractivity contribution in [3.05, 3.63) is 89.7 Å². The standard InChI is InChI=1S/C24H27N3O/c1-24(2,3)19-13-11-18(12-14-19)22-21-10-7-15-26(21)16-17-27(22)23(28)25-20-8-5-4-6-9-20/h4-15,22H,16-17H2,1-3H3,(H,25,28). The summed E-state index contributed by atoms with van der Waals surface area (Å²) in [6.07, 6.45) is 2.10. The molecule has 1 atom stereocenters. The molecule has 3 aromatic rings. The monoisotopic (exact) mass is 373 g/mol. The molecule has 2 aromatic carbocycles. The number of nitrogens with zero attached hydrogens (tertiary/aromatic N) is 2. The Morgan fingerprint density at radius 1 is 0.929 bits per heavy atom. The molecule has 28 heavy (non-hydrogen) atoms. The van der Waals surface area contributed by atoms with E-state index in [2.05, 4.69) is 73.3 Å². The summed E-state index contributed by atoms with van der Waals surface area (Å²) in [5.74, 6) is 0. The van der Waals surface area contributed by atoms with Gasteiger partial charge in [0, 0.05) is 30.7 Å². The van der Waals surface area contributed by atoms with Crippen molar-refractivity contribution in [1.29, 1.82) is 0 Å². The van der Waals surface area contributed by atoms with Crippen molar-refractivity contribution in [2.24, 2.45) is 0 Å². The summed E-state index contributed by atoms with van der Waals surface area (Å²) in [5.41, 5.74) is 4.50. The molecule has 4 rings (SSSR count). The molecule has 4 heteroatoms. The highest BCUT2D eigenvalue weighted by molar-refractivity contribution is 5.90. The lowest BCUT2D eigenvalue weighted by Crippen LogP contribution is -2.44. The third-order valence-corrected chi connectivity index (χ3v) is 5.42. The quantitative estimate of drug-likeness (QED) is 0.639. The minimum absolute atomic E-state index is 0.0662. The molecule has 1 aliphatic heterocycles. The highest BCUT2D eigenvalue weighted by Crippen LogP contribution is 2.34. The number of rotatable bonds is 2.